The highest BCUT2D eigenvalue weighted by molar-refractivity contribution is 7.90. The molecule has 8 rings (SSSR count). The van der Waals surface area contributed by atoms with Crippen molar-refractivity contribution >= 4 is 43.8 Å². The van der Waals surface area contributed by atoms with Crippen LogP contribution in [0.3, 0.4) is 0 Å². The Bertz CT molecular complexity index is 2260. The number of nitrogens with one attached hydrogen (secondary N) is 1. The van der Waals surface area contributed by atoms with Gasteiger partial charge in [-0.1, -0.05) is 30.3 Å². The predicted molar refractivity (Wildman–Crippen MR) is 189 cm³/mol. The van der Waals surface area contributed by atoms with Crippen molar-refractivity contribution in [3.05, 3.63) is 78.8 Å². The Morgan fingerprint density at radius 2 is 1.74 bits per heavy atom. The predicted octanol–water partition coefficient (Wildman–Crippen LogP) is 3.57. The maximum atomic E-state index is 14.0. The first-order chi connectivity index (χ1) is 24.1. The van der Waals surface area contributed by atoms with Crippen LogP contribution in [0.2, 0.25) is 0 Å². The molecule has 14 heteroatoms. The average Bonchev–Trinajstić information content (AvgIpc) is 3.92. The fourth-order valence-corrected chi connectivity index (χ4v) is 7.98. The summed E-state index contributed by atoms with van der Waals surface area (Å²) in [5, 5.41) is 12.7. The van der Waals surface area contributed by atoms with Gasteiger partial charge in [-0.25, -0.2) is 18.4 Å². The third-order valence-electron chi connectivity index (χ3n) is 10.2. The van der Waals surface area contributed by atoms with Gasteiger partial charge in [-0.05, 0) is 67.3 Å². The third kappa shape index (κ3) is 5.87. The molecular formula is C36H37N9O4S. The van der Waals surface area contributed by atoms with Gasteiger partial charge in [0.25, 0.3) is 0 Å². The molecule has 0 aliphatic carbocycles. The zero-order chi connectivity index (χ0) is 34.6. The Balaban J connectivity index is 0.898. The quantitative estimate of drug-likeness (QED) is 0.270. The number of H-pyrrole nitrogens is 1. The molecule has 5 aromatic rings. The summed E-state index contributed by atoms with van der Waals surface area (Å²) in [6.07, 6.45) is 8.70. The SMILES string of the molecule is Cn1cnc(-c2ccc(C3=CCN(C(=O)CN4CC[C@]5(CCN(c6ccc7[nH]nc(-c8ccc(S(C)(=O)=O)nc8)c7c6)C5=O)C4)CC3)cc2)n1. The Kier molecular flexibility index (Phi) is 7.87. The van der Waals surface area contributed by atoms with Crippen molar-refractivity contribution in [1.29, 1.82) is 0 Å². The van der Waals surface area contributed by atoms with Crippen molar-refractivity contribution in [2.45, 2.75) is 24.3 Å². The highest BCUT2D eigenvalue weighted by Crippen LogP contribution is 2.43. The summed E-state index contributed by atoms with van der Waals surface area (Å²) in [5.41, 5.74) is 5.74. The molecule has 1 atom stereocenters. The molecule has 0 unspecified atom stereocenters. The molecule has 13 nitrogen and oxygen atoms in total. The van der Waals surface area contributed by atoms with Crippen LogP contribution >= 0.6 is 0 Å². The molecule has 2 aromatic carbocycles. The zero-order valence-corrected chi connectivity index (χ0v) is 28.7. The lowest BCUT2D eigenvalue weighted by molar-refractivity contribution is -0.132. The number of aryl methyl sites for hydroxylation is 1. The second-order valence-corrected chi connectivity index (χ2v) is 15.5. The number of sulfone groups is 1. The van der Waals surface area contributed by atoms with Gasteiger partial charge in [-0.3, -0.25) is 24.3 Å². The van der Waals surface area contributed by atoms with Crippen LogP contribution in [0.4, 0.5) is 5.69 Å². The lowest BCUT2D eigenvalue weighted by Crippen LogP contribution is -2.43. The van der Waals surface area contributed by atoms with Crippen molar-refractivity contribution < 1.29 is 18.0 Å². The largest absolute Gasteiger partial charge is 0.338 e. The molecule has 256 valence electrons. The van der Waals surface area contributed by atoms with Crippen molar-refractivity contribution in [3.63, 3.8) is 0 Å². The van der Waals surface area contributed by atoms with Gasteiger partial charge in [0.05, 0.1) is 17.5 Å². The van der Waals surface area contributed by atoms with Gasteiger partial charge < -0.3 is 9.80 Å². The minimum absolute atomic E-state index is 0.00141. The Morgan fingerprint density at radius 3 is 2.44 bits per heavy atom. The molecule has 0 saturated carbocycles. The molecule has 3 aromatic heterocycles. The molecule has 0 bridgehead atoms. The number of anilines is 1. The molecule has 1 spiro atoms. The lowest BCUT2D eigenvalue weighted by atomic mass is 9.85. The lowest BCUT2D eigenvalue weighted by Gasteiger charge is -2.29. The maximum Gasteiger partial charge on any atom is 0.237 e. The first-order valence-corrected chi connectivity index (χ1v) is 18.6. The van der Waals surface area contributed by atoms with Crippen LogP contribution in [0, 0.1) is 5.41 Å². The van der Waals surface area contributed by atoms with Gasteiger partial charge in [0.1, 0.15) is 12.0 Å². The number of amides is 2. The summed E-state index contributed by atoms with van der Waals surface area (Å²) in [5.74, 6) is 0.879. The van der Waals surface area contributed by atoms with E-state index in [4.69, 9.17) is 0 Å². The number of rotatable bonds is 7. The zero-order valence-electron chi connectivity index (χ0n) is 27.9. The number of pyridine rings is 1. The van der Waals surface area contributed by atoms with Gasteiger partial charge in [0.2, 0.25) is 11.8 Å². The fourth-order valence-electron chi connectivity index (χ4n) is 7.42. The number of fused-ring (bicyclic) bond motifs is 1. The van der Waals surface area contributed by atoms with Crippen LogP contribution in [0.15, 0.2) is 78.2 Å². The van der Waals surface area contributed by atoms with E-state index in [1.54, 1.807) is 17.1 Å². The monoisotopic (exact) mass is 691 g/mol. The first kappa shape index (κ1) is 32.0. The average molecular weight is 692 g/mol. The van der Waals surface area contributed by atoms with Crippen LogP contribution in [-0.2, 0) is 26.5 Å². The Morgan fingerprint density at radius 1 is 0.960 bits per heavy atom. The van der Waals surface area contributed by atoms with Gasteiger partial charge in [-0.2, -0.15) is 10.2 Å². The van der Waals surface area contributed by atoms with Crippen molar-refractivity contribution in [2.24, 2.45) is 12.5 Å². The number of hydrogen-bond donors (Lipinski definition) is 1. The van der Waals surface area contributed by atoms with E-state index >= 15 is 0 Å². The van der Waals surface area contributed by atoms with Crippen LogP contribution in [-0.4, -0.2) is 106 Å². The number of nitrogens with zero attached hydrogens (tertiary/aromatic N) is 8. The number of aromatic nitrogens is 6. The molecule has 2 amide bonds. The molecule has 50 heavy (non-hydrogen) atoms. The standard InChI is InChI=1S/C36H37N9O4S/c1-42-23-38-34(41-42)26-5-3-24(4-6-26)25-11-15-44(16-12-25)32(46)21-43-17-13-36(22-43)14-18-45(35(36)47)28-8-9-30-29(19-28)33(40-39-30)27-7-10-31(37-20-27)50(2,48)49/h3-11,19-20,23H,12-18,21-22H2,1-2H3,(H,39,40)/t36-/m0/s1. The number of carbonyl (C=O) groups is 2. The highest BCUT2D eigenvalue weighted by Gasteiger charge is 2.51. The van der Waals surface area contributed by atoms with Gasteiger partial charge in [-0.15, -0.1) is 0 Å². The minimum Gasteiger partial charge on any atom is -0.338 e. The fraction of sp³-hybridized carbons (Fsp3) is 0.333. The molecule has 0 radical (unpaired) electrons. The maximum absolute atomic E-state index is 14.0. The van der Waals surface area contributed by atoms with E-state index in [2.05, 4.69) is 48.4 Å². The van der Waals surface area contributed by atoms with E-state index in [9.17, 15) is 18.0 Å². The highest BCUT2D eigenvalue weighted by atomic mass is 32.2. The minimum atomic E-state index is -3.42. The summed E-state index contributed by atoms with van der Waals surface area (Å²) in [6.45, 7) is 3.41. The van der Waals surface area contributed by atoms with Crippen LogP contribution < -0.4 is 4.90 Å². The second kappa shape index (κ2) is 12.3. The molecule has 2 fully saturated rings. The van der Waals surface area contributed by atoms with Crippen LogP contribution in [0.5, 0.6) is 0 Å². The molecule has 1 N–H and O–H groups in total. The molecular weight excluding hydrogens is 655 g/mol. The van der Waals surface area contributed by atoms with E-state index in [-0.39, 0.29) is 16.8 Å². The molecule has 6 heterocycles. The summed E-state index contributed by atoms with van der Waals surface area (Å²) in [6, 6.07) is 17.2. The van der Waals surface area contributed by atoms with Crippen LogP contribution in [0.25, 0.3) is 39.1 Å². The van der Waals surface area contributed by atoms with Gasteiger partial charge >= 0.3 is 0 Å². The Hall–Kier alpha value is -5.21. The van der Waals surface area contributed by atoms with Gasteiger partial charge in [0.15, 0.2) is 20.7 Å². The summed E-state index contributed by atoms with van der Waals surface area (Å²) in [7, 11) is -1.57. The first-order valence-electron chi connectivity index (χ1n) is 16.7. The van der Waals surface area contributed by atoms with Crippen molar-refractivity contribution in [3.8, 4) is 22.6 Å². The summed E-state index contributed by atoms with van der Waals surface area (Å²) < 4.78 is 25.4. The van der Waals surface area contributed by atoms with Gasteiger partial charge in [0, 0.05) is 67.9 Å². The van der Waals surface area contributed by atoms with Crippen LogP contribution in [0.1, 0.15) is 24.8 Å². The number of benzene rings is 2. The van der Waals surface area contributed by atoms with E-state index in [0.29, 0.717) is 56.4 Å². The number of likely N-dealkylation sites (tertiary alicyclic amines) is 1. The normalized spacial score (nSPS) is 20.0. The molecule has 3 aliphatic rings. The van der Waals surface area contributed by atoms with E-state index in [1.165, 1.54) is 17.8 Å². The van der Waals surface area contributed by atoms with E-state index < -0.39 is 15.3 Å². The summed E-state index contributed by atoms with van der Waals surface area (Å²) in [4.78, 5) is 41.7. The summed E-state index contributed by atoms with van der Waals surface area (Å²) >= 11 is 0. The second-order valence-electron chi connectivity index (χ2n) is 13.5. The number of carbonyl (C=O) groups excluding carboxylic acids is 2. The topological polar surface area (TPSA) is 150 Å². The van der Waals surface area contributed by atoms with Crippen molar-refractivity contribution in [1.82, 2.24) is 39.7 Å². The van der Waals surface area contributed by atoms with Crippen molar-refractivity contribution in [2.75, 3.05) is 50.4 Å². The molecule has 2 saturated heterocycles. The number of aromatic amines is 1. The Labute approximate surface area is 289 Å². The molecule has 3 aliphatic heterocycles. The van der Waals surface area contributed by atoms with E-state index in [1.807, 2.05) is 47.2 Å². The van der Waals surface area contributed by atoms with E-state index in [0.717, 1.165) is 53.2 Å². The number of hydrogen-bond acceptors (Lipinski definition) is 9. The third-order valence-corrected chi connectivity index (χ3v) is 11.2. The smallest absolute Gasteiger partial charge is 0.237 e.